The lowest BCUT2D eigenvalue weighted by atomic mass is 10.0. The third kappa shape index (κ3) is 9.18. The summed E-state index contributed by atoms with van der Waals surface area (Å²) in [4.78, 5) is 0. The molecular formula is C16H26N2O. The van der Waals surface area contributed by atoms with Crippen LogP contribution in [0.2, 0.25) is 0 Å². The standard InChI is InChI=1S/C16H26N2O/c1-6-12-17-18-13-11-16(7-2)14(4)9-10-15(5)19-8-3/h7,9,12,15H,1,8,10-11,13H2,2-5H3/b14-9-,16-7-,18-17?. The molecule has 0 saturated carbocycles. The van der Waals surface area contributed by atoms with Crippen LogP contribution in [0, 0.1) is 0 Å². The summed E-state index contributed by atoms with van der Waals surface area (Å²) in [5, 5.41) is 7.84. The number of rotatable bonds is 9. The molecule has 0 aliphatic carbocycles. The lowest BCUT2D eigenvalue weighted by Gasteiger charge is -2.10. The van der Waals surface area contributed by atoms with Crippen LogP contribution >= 0.6 is 0 Å². The first kappa shape index (κ1) is 17.6. The van der Waals surface area contributed by atoms with E-state index in [-0.39, 0.29) is 6.10 Å². The van der Waals surface area contributed by atoms with Gasteiger partial charge in [0.1, 0.15) is 0 Å². The Labute approximate surface area is 117 Å². The van der Waals surface area contributed by atoms with Gasteiger partial charge in [-0.15, -0.1) is 5.73 Å². The number of nitrogens with zero attached hydrogens (tertiary/aromatic N) is 2. The minimum atomic E-state index is 0.274. The summed E-state index contributed by atoms with van der Waals surface area (Å²) in [6.45, 7) is 13.2. The molecular weight excluding hydrogens is 236 g/mol. The molecule has 106 valence electrons. The fourth-order valence-electron chi connectivity index (χ4n) is 1.71. The predicted octanol–water partition coefficient (Wildman–Crippen LogP) is 4.84. The maximum absolute atomic E-state index is 5.52. The molecule has 0 rings (SSSR count). The topological polar surface area (TPSA) is 34.0 Å². The molecule has 0 N–H and O–H groups in total. The zero-order chi connectivity index (χ0) is 14.5. The van der Waals surface area contributed by atoms with E-state index in [2.05, 4.69) is 55.5 Å². The normalized spacial score (nSPS) is 14.5. The molecule has 0 fully saturated rings. The van der Waals surface area contributed by atoms with Crippen molar-refractivity contribution in [3.8, 4) is 0 Å². The van der Waals surface area contributed by atoms with E-state index >= 15 is 0 Å². The number of hydrogen-bond acceptors (Lipinski definition) is 3. The number of ether oxygens (including phenoxy) is 1. The quantitative estimate of drug-likeness (QED) is 0.333. The molecule has 3 nitrogen and oxygen atoms in total. The van der Waals surface area contributed by atoms with Gasteiger partial charge in [-0.3, -0.25) is 0 Å². The van der Waals surface area contributed by atoms with Gasteiger partial charge < -0.3 is 4.74 Å². The highest BCUT2D eigenvalue weighted by Gasteiger charge is 2.02. The Bertz CT molecular complexity index is 374. The molecule has 0 aromatic rings. The SMILES string of the molecule is C=C=CN=NCCC(=C/C)/C(C)=C\CC(C)OCC. The van der Waals surface area contributed by atoms with E-state index in [0.717, 1.165) is 19.4 Å². The molecule has 0 aliphatic heterocycles. The summed E-state index contributed by atoms with van der Waals surface area (Å²) < 4.78 is 5.52. The molecule has 0 spiro atoms. The molecule has 0 aromatic carbocycles. The minimum absolute atomic E-state index is 0.274. The predicted molar refractivity (Wildman–Crippen MR) is 81.3 cm³/mol. The van der Waals surface area contributed by atoms with Gasteiger partial charge in [-0.2, -0.15) is 10.2 Å². The third-order valence-corrected chi connectivity index (χ3v) is 2.77. The Morgan fingerprint density at radius 2 is 2.21 bits per heavy atom. The summed E-state index contributed by atoms with van der Waals surface area (Å²) in [7, 11) is 0. The van der Waals surface area contributed by atoms with Gasteiger partial charge in [-0.1, -0.05) is 24.3 Å². The lowest BCUT2D eigenvalue weighted by molar-refractivity contribution is 0.0786. The molecule has 0 heterocycles. The molecule has 0 saturated heterocycles. The van der Waals surface area contributed by atoms with Gasteiger partial charge in [0.25, 0.3) is 0 Å². The average molecular weight is 262 g/mol. The highest BCUT2D eigenvalue weighted by molar-refractivity contribution is 5.28. The molecule has 1 unspecified atom stereocenters. The Balaban J connectivity index is 4.28. The summed E-state index contributed by atoms with van der Waals surface area (Å²) in [5.41, 5.74) is 5.17. The van der Waals surface area contributed by atoms with Crippen molar-refractivity contribution in [2.75, 3.05) is 13.2 Å². The van der Waals surface area contributed by atoms with Gasteiger partial charge >= 0.3 is 0 Å². The third-order valence-electron chi connectivity index (χ3n) is 2.77. The molecule has 0 bridgehead atoms. The van der Waals surface area contributed by atoms with Crippen LogP contribution in [-0.4, -0.2) is 19.3 Å². The number of allylic oxidation sites excluding steroid dienone is 2. The van der Waals surface area contributed by atoms with E-state index in [1.54, 1.807) is 0 Å². The summed E-state index contributed by atoms with van der Waals surface area (Å²) in [5.74, 6) is 0. The maximum Gasteiger partial charge on any atom is 0.0904 e. The lowest BCUT2D eigenvalue weighted by Crippen LogP contribution is -2.06. The van der Waals surface area contributed by atoms with Crippen LogP contribution in [0.4, 0.5) is 0 Å². The minimum Gasteiger partial charge on any atom is -0.378 e. The largest absolute Gasteiger partial charge is 0.378 e. The van der Waals surface area contributed by atoms with Crippen molar-refractivity contribution in [1.82, 2.24) is 0 Å². The first-order valence-electron chi connectivity index (χ1n) is 6.80. The summed E-state index contributed by atoms with van der Waals surface area (Å²) >= 11 is 0. The van der Waals surface area contributed by atoms with Crippen LogP contribution < -0.4 is 0 Å². The average Bonchev–Trinajstić information content (AvgIpc) is 2.40. The number of hydrogen-bond donors (Lipinski definition) is 0. The van der Waals surface area contributed by atoms with Gasteiger partial charge in [-0.25, -0.2) is 0 Å². The number of azo groups is 1. The highest BCUT2D eigenvalue weighted by Crippen LogP contribution is 2.15. The van der Waals surface area contributed by atoms with Crippen LogP contribution in [0.25, 0.3) is 0 Å². The van der Waals surface area contributed by atoms with E-state index in [0.29, 0.717) is 6.54 Å². The molecule has 3 heteroatoms. The Hall–Kier alpha value is -1.44. The molecule has 0 amide bonds. The second-order valence-electron chi connectivity index (χ2n) is 4.27. The second kappa shape index (κ2) is 11.6. The van der Waals surface area contributed by atoms with Gasteiger partial charge in [0.15, 0.2) is 0 Å². The summed E-state index contributed by atoms with van der Waals surface area (Å²) in [6.07, 6.45) is 7.96. The first-order chi connectivity index (χ1) is 9.15. The Kier molecular flexibility index (Phi) is 10.8. The zero-order valence-electron chi connectivity index (χ0n) is 12.6. The van der Waals surface area contributed by atoms with E-state index in [1.807, 2.05) is 6.92 Å². The van der Waals surface area contributed by atoms with Crippen LogP contribution in [-0.2, 0) is 4.74 Å². The van der Waals surface area contributed by atoms with Crippen LogP contribution in [0.15, 0.2) is 52.0 Å². The van der Waals surface area contributed by atoms with Gasteiger partial charge in [-0.05, 0) is 46.1 Å². The molecule has 0 radical (unpaired) electrons. The van der Waals surface area contributed by atoms with Crippen molar-refractivity contribution in [2.24, 2.45) is 10.2 Å². The van der Waals surface area contributed by atoms with Crippen molar-refractivity contribution in [3.05, 3.63) is 41.8 Å². The van der Waals surface area contributed by atoms with Gasteiger partial charge in [0.05, 0.1) is 18.8 Å². The Morgan fingerprint density at radius 1 is 1.47 bits per heavy atom. The van der Waals surface area contributed by atoms with E-state index in [4.69, 9.17) is 4.74 Å². The fourth-order valence-corrected chi connectivity index (χ4v) is 1.71. The van der Waals surface area contributed by atoms with E-state index < -0.39 is 0 Å². The monoisotopic (exact) mass is 262 g/mol. The highest BCUT2D eigenvalue weighted by atomic mass is 16.5. The van der Waals surface area contributed by atoms with Crippen molar-refractivity contribution < 1.29 is 4.74 Å². The van der Waals surface area contributed by atoms with Crippen molar-refractivity contribution >= 4 is 0 Å². The van der Waals surface area contributed by atoms with Crippen LogP contribution in [0.3, 0.4) is 0 Å². The van der Waals surface area contributed by atoms with Gasteiger partial charge in [0, 0.05) is 6.61 Å². The van der Waals surface area contributed by atoms with Crippen LogP contribution in [0.1, 0.15) is 40.5 Å². The smallest absolute Gasteiger partial charge is 0.0904 e. The molecule has 0 aliphatic rings. The maximum atomic E-state index is 5.52. The van der Waals surface area contributed by atoms with Crippen molar-refractivity contribution in [2.45, 2.75) is 46.6 Å². The molecule has 1 atom stereocenters. The first-order valence-corrected chi connectivity index (χ1v) is 6.80. The summed E-state index contributed by atoms with van der Waals surface area (Å²) in [6, 6.07) is 0. The Morgan fingerprint density at radius 3 is 2.79 bits per heavy atom. The van der Waals surface area contributed by atoms with Crippen molar-refractivity contribution in [1.29, 1.82) is 0 Å². The van der Waals surface area contributed by atoms with E-state index in [1.165, 1.54) is 17.3 Å². The van der Waals surface area contributed by atoms with E-state index in [9.17, 15) is 0 Å². The zero-order valence-corrected chi connectivity index (χ0v) is 12.6. The second-order valence-corrected chi connectivity index (χ2v) is 4.27. The van der Waals surface area contributed by atoms with Crippen LogP contribution in [0.5, 0.6) is 0 Å². The molecule has 0 aromatic heterocycles. The molecule has 19 heavy (non-hydrogen) atoms. The fraction of sp³-hybridized carbons (Fsp3) is 0.562. The van der Waals surface area contributed by atoms with Gasteiger partial charge in [0.2, 0.25) is 0 Å². The van der Waals surface area contributed by atoms with Crippen molar-refractivity contribution in [3.63, 3.8) is 0 Å².